The Morgan fingerprint density at radius 2 is 1.65 bits per heavy atom. The van der Waals surface area contributed by atoms with Crippen molar-refractivity contribution < 1.29 is 13.6 Å². The molecule has 0 radical (unpaired) electrons. The monoisotopic (exact) mass is 317 g/mol. The summed E-state index contributed by atoms with van der Waals surface area (Å²) >= 11 is 0. The number of amides is 1. The van der Waals surface area contributed by atoms with Gasteiger partial charge in [-0.3, -0.25) is 4.79 Å². The van der Waals surface area contributed by atoms with Gasteiger partial charge in [0.05, 0.1) is 5.60 Å². The van der Waals surface area contributed by atoms with Crippen molar-refractivity contribution in [3.8, 4) is 0 Å². The Balaban J connectivity index is 3.03. The van der Waals surface area contributed by atoms with E-state index in [9.17, 15) is 4.79 Å². The summed E-state index contributed by atoms with van der Waals surface area (Å²) in [6.45, 7) is 19.2. The Labute approximate surface area is 126 Å². The maximum Gasteiger partial charge on any atom is 0.232 e. The number of nitrogens with one attached hydrogen (secondary N) is 1. The van der Waals surface area contributed by atoms with Crippen molar-refractivity contribution in [1.29, 1.82) is 0 Å². The minimum absolute atomic E-state index is 0.0559. The average Bonchev–Trinajstić information content (AvgIpc) is 2.10. The van der Waals surface area contributed by atoms with Gasteiger partial charge in [0.1, 0.15) is 12.1 Å². The highest BCUT2D eigenvalue weighted by molar-refractivity contribution is 6.69. The highest BCUT2D eigenvalue weighted by Gasteiger charge is 2.58. The summed E-state index contributed by atoms with van der Waals surface area (Å²) in [5, 5.41) is 2.91. The van der Waals surface area contributed by atoms with E-state index in [4.69, 9.17) is 8.85 Å². The van der Waals surface area contributed by atoms with Crippen molar-refractivity contribution in [2.75, 3.05) is 0 Å². The molecule has 20 heavy (non-hydrogen) atoms. The molecular weight excluding hydrogens is 286 g/mol. The summed E-state index contributed by atoms with van der Waals surface area (Å²) in [7, 11) is -2.96. The number of β-lactam (4-membered cyclic amide) rings is 1. The van der Waals surface area contributed by atoms with Crippen molar-refractivity contribution in [3.63, 3.8) is 0 Å². The van der Waals surface area contributed by atoms with Crippen LogP contribution in [-0.4, -0.2) is 35.1 Å². The van der Waals surface area contributed by atoms with Crippen LogP contribution in [0.25, 0.3) is 0 Å². The van der Waals surface area contributed by atoms with E-state index in [0.29, 0.717) is 0 Å². The zero-order chi connectivity index (χ0) is 15.9. The Morgan fingerprint density at radius 1 is 1.15 bits per heavy atom. The molecule has 6 heteroatoms. The van der Waals surface area contributed by atoms with Crippen LogP contribution in [0.5, 0.6) is 0 Å². The van der Waals surface area contributed by atoms with Gasteiger partial charge in [0.15, 0.2) is 17.4 Å². The Kier molecular flexibility index (Phi) is 4.96. The summed E-state index contributed by atoms with van der Waals surface area (Å²) < 4.78 is 12.5. The minimum atomic E-state index is -1.70. The molecule has 0 aromatic carbocycles. The van der Waals surface area contributed by atoms with Gasteiger partial charge in [-0.1, -0.05) is 20.8 Å². The van der Waals surface area contributed by atoms with E-state index in [-0.39, 0.29) is 23.5 Å². The molecule has 0 aromatic heterocycles. The highest BCUT2D eigenvalue weighted by atomic mass is 28.4. The standard InChI is InChI=1S/C14H31NO3Si2/c1-13(2,3)14(4,18-19(5)6)10-11(16)15-12(10)17-20(7,8)9/h10,12,19H,1-9H3,(H,15,16)/t10?,12?,14-/m1/s1. The minimum Gasteiger partial charge on any atom is -0.414 e. The van der Waals surface area contributed by atoms with E-state index in [1.165, 1.54) is 0 Å². The second kappa shape index (κ2) is 5.55. The Hall–Kier alpha value is -0.176. The van der Waals surface area contributed by atoms with Crippen LogP contribution in [0.4, 0.5) is 0 Å². The van der Waals surface area contributed by atoms with Gasteiger partial charge >= 0.3 is 0 Å². The molecule has 2 unspecified atom stereocenters. The molecule has 3 atom stereocenters. The van der Waals surface area contributed by atoms with Gasteiger partial charge in [0.25, 0.3) is 0 Å². The van der Waals surface area contributed by atoms with E-state index in [0.717, 1.165) is 0 Å². The third-order valence-corrected chi connectivity index (χ3v) is 5.84. The van der Waals surface area contributed by atoms with E-state index >= 15 is 0 Å². The molecule has 1 saturated heterocycles. The Bertz CT molecular complexity index is 374. The lowest BCUT2D eigenvalue weighted by atomic mass is 9.67. The zero-order valence-electron chi connectivity index (χ0n) is 14.5. The number of rotatable bonds is 5. The summed E-state index contributed by atoms with van der Waals surface area (Å²) in [5.74, 6) is -0.163. The first kappa shape index (κ1) is 17.9. The van der Waals surface area contributed by atoms with Crippen LogP contribution < -0.4 is 5.32 Å². The lowest BCUT2D eigenvalue weighted by molar-refractivity contribution is -0.177. The summed E-state index contributed by atoms with van der Waals surface area (Å²) in [6.07, 6.45) is -0.203. The van der Waals surface area contributed by atoms with E-state index < -0.39 is 23.0 Å². The quantitative estimate of drug-likeness (QED) is 0.626. The lowest BCUT2D eigenvalue weighted by Crippen LogP contribution is -2.72. The number of carbonyl (C=O) groups excluding carboxylic acids is 1. The van der Waals surface area contributed by atoms with Crippen LogP contribution in [0, 0.1) is 11.3 Å². The van der Waals surface area contributed by atoms with Crippen molar-refractivity contribution in [2.45, 2.75) is 72.3 Å². The van der Waals surface area contributed by atoms with E-state index in [2.05, 4.69) is 65.7 Å². The van der Waals surface area contributed by atoms with Crippen LogP contribution in [0.1, 0.15) is 27.7 Å². The van der Waals surface area contributed by atoms with Gasteiger partial charge in [-0.25, -0.2) is 0 Å². The van der Waals surface area contributed by atoms with Gasteiger partial charge in [0.2, 0.25) is 5.91 Å². The Morgan fingerprint density at radius 3 is 1.95 bits per heavy atom. The normalized spacial score (nSPS) is 27.0. The van der Waals surface area contributed by atoms with E-state index in [1.807, 2.05) is 0 Å². The average molecular weight is 318 g/mol. The fraction of sp³-hybridized carbons (Fsp3) is 0.929. The molecule has 1 fully saturated rings. The van der Waals surface area contributed by atoms with Crippen molar-refractivity contribution >= 4 is 23.3 Å². The summed E-state index contributed by atoms with van der Waals surface area (Å²) in [6, 6.07) is 0. The highest BCUT2D eigenvalue weighted by Crippen LogP contribution is 2.45. The third kappa shape index (κ3) is 3.72. The zero-order valence-corrected chi connectivity index (χ0v) is 16.6. The van der Waals surface area contributed by atoms with Crippen LogP contribution in [-0.2, 0) is 13.6 Å². The lowest BCUT2D eigenvalue weighted by Gasteiger charge is -2.55. The molecule has 0 bridgehead atoms. The fourth-order valence-electron chi connectivity index (χ4n) is 2.58. The molecule has 0 spiro atoms. The second-order valence-corrected chi connectivity index (χ2v) is 15.0. The van der Waals surface area contributed by atoms with Crippen LogP contribution in [0.2, 0.25) is 32.7 Å². The fourth-order valence-corrected chi connectivity index (χ4v) is 5.01. The predicted octanol–water partition coefficient (Wildman–Crippen LogP) is 2.71. The van der Waals surface area contributed by atoms with Gasteiger partial charge in [0, 0.05) is 0 Å². The van der Waals surface area contributed by atoms with Crippen molar-refractivity contribution in [1.82, 2.24) is 5.32 Å². The first-order chi connectivity index (χ1) is 8.78. The van der Waals surface area contributed by atoms with Crippen LogP contribution >= 0.6 is 0 Å². The maximum absolute atomic E-state index is 12.2. The molecule has 0 saturated carbocycles. The van der Waals surface area contributed by atoms with Crippen LogP contribution in [0.3, 0.4) is 0 Å². The first-order valence-corrected chi connectivity index (χ1v) is 13.6. The van der Waals surface area contributed by atoms with E-state index in [1.54, 1.807) is 0 Å². The summed E-state index contributed by atoms with van der Waals surface area (Å²) in [4.78, 5) is 12.2. The summed E-state index contributed by atoms with van der Waals surface area (Å²) in [5.41, 5.74) is -0.603. The smallest absolute Gasteiger partial charge is 0.232 e. The molecule has 0 aromatic rings. The van der Waals surface area contributed by atoms with Gasteiger partial charge < -0.3 is 14.2 Å². The van der Waals surface area contributed by atoms with Crippen molar-refractivity contribution in [2.24, 2.45) is 11.3 Å². The van der Waals surface area contributed by atoms with Gasteiger partial charge in [-0.15, -0.1) is 0 Å². The molecule has 1 aliphatic rings. The molecule has 1 heterocycles. The largest absolute Gasteiger partial charge is 0.414 e. The molecule has 1 rings (SSSR count). The number of hydrogen-bond donors (Lipinski definition) is 1. The molecule has 1 amide bonds. The van der Waals surface area contributed by atoms with Gasteiger partial charge in [-0.05, 0) is 45.1 Å². The van der Waals surface area contributed by atoms with Crippen molar-refractivity contribution in [3.05, 3.63) is 0 Å². The molecule has 1 N–H and O–H groups in total. The number of hydrogen-bond acceptors (Lipinski definition) is 3. The predicted molar refractivity (Wildman–Crippen MR) is 87.7 cm³/mol. The molecule has 118 valence electrons. The molecule has 0 aliphatic carbocycles. The molecule has 1 aliphatic heterocycles. The first-order valence-electron chi connectivity index (χ1n) is 7.44. The van der Waals surface area contributed by atoms with Gasteiger partial charge in [-0.2, -0.15) is 0 Å². The molecular formula is C14H31NO3Si2. The SMILES string of the molecule is C[SiH](C)O[C@](C)(C1C(=O)NC1O[Si](C)(C)C)C(C)(C)C. The number of carbonyl (C=O) groups is 1. The van der Waals surface area contributed by atoms with Crippen LogP contribution in [0.15, 0.2) is 0 Å². The second-order valence-electron chi connectivity index (χ2n) is 8.16. The maximum atomic E-state index is 12.2. The molecule has 4 nitrogen and oxygen atoms in total. The third-order valence-electron chi connectivity index (χ3n) is 3.91. The topological polar surface area (TPSA) is 47.6 Å².